The Hall–Kier alpha value is -1.84. The van der Waals surface area contributed by atoms with Gasteiger partial charge in [0.05, 0.1) is 7.11 Å². The van der Waals surface area contributed by atoms with Crippen molar-refractivity contribution in [3.63, 3.8) is 0 Å². The molecule has 0 saturated heterocycles. The Morgan fingerprint density at radius 3 is 2.75 bits per heavy atom. The maximum atomic E-state index is 6.19. The molecular formula is C17H20N2O. The minimum absolute atomic E-state index is 0.147. The zero-order valence-corrected chi connectivity index (χ0v) is 11.7. The van der Waals surface area contributed by atoms with Crippen molar-refractivity contribution in [2.24, 2.45) is 5.73 Å². The van der Waals surface area contributed by atoms with Crippen molar-refractivity contribution < 1.29 is 4.74 Å². The number of hydrogen-bond acceptors (Lipinski definition) is 3. The van der Waals surface area contributed by atoms with Gasteiger partial charge in [-0.15, -0.1) is 0 Å². The van der Waals surface area contributed by atoms with Crippen LogP contribution in [0.15, 0.2) is 48.5 Å². The van der Waals surface area contributed by atoms with Crippen molar-refractivity contribution in [2.45, 2.75) is 25.0 Å². The molecule has 104 valence electrons. The Kier molecular flexibility index (Phi) is 3.72. The maximum absolute atomic E-state index is 6.19. The van der Waals surface area contributed by atoms with Gasteiger partial charge in [0.1, 0.15) is 5.75 Å². The highest BCUT2D eigenvalue weighted by atomic mass is 16.5. The van der Waals surface area contributed by atoms with E-state index in [1.165, 1.54) is 16.7 Å². The lowest BCUT2D eigenvalue weighted by molar-refractivity contribution is 0.413. The molecule has 0 heterocycles. The van der Waals surface area contributed by atoms with Crippen LogP contribution < -0.4 is 15.8 Å². The monoisotopic (exact) mass is 268 g/mol. The summed E-state index contributed by atoms with van der Waals surface area (Å²) in [5.41, 5.74) is 10.0. The van der Waals surface area contributed by atoms with Gasteiger partial charge in [-0.05, 0) is 35.2 Å². The van der Waals surface area contributed by atoms with E-state index in [0.717, 1.165) is 18.7 Å². The van der Waals surface area contributed by atoms with Gasteiger partial charge in [0, 0.05) is 18.6 Å². The maximum Gasteiger partial charge on any atom is 0.119 e. The molecule has 0 bridgehead atoms. The highest BCUT2D eigenvalue weighted by Gasteiger charge is 2.27. The highest BCUT2D eigenvalue weighted by molar-refractivity contribution is 5.37. The van der Waals surface area contributed by atoms with Crippen molar-refractivity contribution in [1.82, 2.24) is 5.32 Å². The molecule has 0 saturated carbocycles. The Morgan fingerprint density at radius 2 is 1.95 bits per heavy atom. The summed E-state index contributed by atoms with van der Waals surface area (Å²) in [5, 5.41) is 3.60. The standard InChI is InChI=1S/C17H20N2O/c1-20-13-6-4-5-12(9-13)11-19-17-10-16(18)14-7-2-3-8-15(14)17/h2-9,16-17,19H,10-11,18H2,1H3. The number of methoxy groups -OCH3 is 1. The predicted octanol–water partition coefficient (Wildman–Crippen LogP) is 2.93. The van der Waals surface area contributed by atoms with E-state index < -0.39 is 0 Å². The van der Waals surface area contributed by atoms with Gasteiger partial charge in [0.25, 0.3) is 0 Å². The lowest BCUT2D eigenvalue weighted by Gasteiger charge is -2.14. The van der Waals surface area contributed by atoms with Crippen LogP contribution in [0.5, 0.6) is 5.75 Å². The second-order valence-electron chi connectivity index (χ2n) is 5.26. The molecular weight excluding hydrogens is 248 g/mol. The molecule has 2 atom stereocenters. The first-order valence-electron chi connectivity index (χ1n) is 6.98. The van der Waals surface area contributed by atoms with Crippen LogP contribution in [-0.2, 0) is 6.54 Å². The van der Waals surface area contributed by atoms with Gasteiger partial charge >= 0.3 is 0 Å². The van der Waals surface area contributed by atoms with Gasteiger partial charge in [-0.2, -0.15) is 0 Å². The van der Waals surface area contributed by atoms with E-state index in [4.69, 9.17) is 10.5 Å². The number of fused-ring (bicyclic) bond motifs is 1. The first-order chi connectivity index (χ1) is 9.78. The van der Waals surface area contributed by atoms with E-state index in [0.29, 0.717) is 6.04 Å². The van der Waals surface area contributed by atoms with Crippen LogP contribution in [0, 0.1) is 0 Å². The van der Waals surface area contributed by atoms with Gasteiger partial charge in [0.2, 0.25) is 0 Å². The second-order valence-corrected chi connectivity index (χ2v) is 5.26. The summed E-state index contributed by atoms with van der Waals surface area (Å²) in [6, 6.07) is 17.1. The molecule has 0 fully saturated rings. The summed E-state index contributed by atoms with van der Waals surface area (Å²) >= 11 is 0. The Morgan fingerprint density at radius 1 is 1.15 bits per heavy atom. The largest absolute Gasteiger partial charge is 0.497 e. The Bertz CT molecular complexity index is 597. The van der Waals surface area contributed by atoms with Gasteiger partial charge in [-0.25, -0.2) is 0 Å². The molecule has 0 radical (unpaired) electrons. The third-order valence-electron chi connectivity index (χ3n) is 3.95. The SMILES string of the molecule is COc1cccc(CNC2CC(N)c3ccccc32)c1. The highest BCUT2D eigenvalue weighted by Crippen LogP contribution is 2.37. The van der Waals surface area contributed by atoms with Gasteiger partial charge < -0.3 is 15.8 Å². The predicted molar refractivity (Wildman–Crippen MR) is 80.6 cm³/mol. The van der Waals surface area contributed by atoms with Crippen molar-refractivity contribution in [3.8, 4) is 5.75 Å². The molecule has 3 heteroatoms. The van der Waals surface area contributed by atoms with Crippen LogP contribution in [0.4, 0.5) is 0 Å². The smallest absolute Gasteiger partial charge is 0.119 e. The van der Waals surface area contributed by atoms with Gasteiger partial charge in [-0.1, -0.05) is 36.4 Å². The van der Waals surface area contributed by atoms with Crippen LogP contribution in [-0.4, -0.2) is 7.11 Å². The number of nitrogens with one attached hydrogen (secondary N) is 1. The van der Waals surface area contributed by atoms with E-state index in [2.05, 4.69) is 41.7 Å². The molecule has 0 amide bonds. The molecule has 3 rings (SSSR count). The quantitative estimate of drug-likeness (QED) is 0.896. The first-order valence-corrected chi connectivity index (χ1v) is 6.98. The zero-order valence-electron chi connectivity index (χ0n) is 11.7. The molecule has 2 unspecified atom stereocenters. The number of hydrogen-bond donors (Lipinski definition) is 2. The molecule has 3 N–H and O–H groups in total. The van der Waals surface area contributed by atoms with E-state index in [9.17, 15) is 0 Å². The number of benzene rings is 2. The van der Waals surface area contributed by atoms with Crippen molar-refractivity contribution in [2.75, 3.05) is 7.11 Å². The minimum Gasteiger partial charge on any atom is -0.497 e. The molecule has 1 aliphatic rings. The summed E-state index contributed by atoms with van der Waals surface area (Å²) in [6.45, 7) is 0.822. The average Bonchev–Trinajstić information content (AvgIpc) is 2.82. The van der Waals surface area contributed by atoms with Crippen molar-refractivity contribution in [1.29, 1.82) is 0 Å². The van der Waals surface area contributed by atoms with Crippen molar-refractivity contribution >= 4 is 0 Å². The van der Waals surface area contributed by atoms with E-state index in [1.807, 2.05) is 12.1 Å². The fourth-order valence-electron chi connectivity index (χ4n) is 2.89. The summed E-state index contributed by atoms with van der Waals surface area (Å²) < 4.78 is 5.25. The summed E-state index contributed by atoms with van der Waals surface area (Å²) in [7, 11) is 1.69. The number of nitrogens with two attached hydrogens (primary N) is 1. The van der Waals surface area contributed by atoms with E-state index >= 15 is 0 Å². The fraction of sp³-hybridized carbons (Fsp3) is 0.294. The summed E-state index contributed by atoms with van der Waals surface area (Å²) in [6.07, 6.45) is 0.962. The average molecular weight is 268 g/mol. The van der Waals surface area contributed by atoms with Gasteiger partial charge in [-0.3, -0.25) is 0 Å². The van der Waals surface area contributed by atoms with E-state index in [1.54, 1.807) is 7.11 Å². The summed E-state index contributed by atoms with van der Waals surface area (Å²) in [4.78, 5) is 0. The molecule has 0 spiro atoms. The van der Waals surface area contributed by atoms with Crippen LogP contribution in [0.2, 0.25) is 0 Å². The molecule has 2 aromatic rings. The number of ether oxygens (including phenoxy) is 1. The Labute approximate surface area is 119 Å². The van der Waals surface area contributed by atoms with Crippen molar-refractivity contribution in [3.05, 3.63) is 65.2 Å². The van der Waals surface area contributed by atoms with Crippen LogP contribution in [0.25, 0.3) is 0 Å². The molecule has 1 aliphatic carbocycles. The van der Waals surface area contributed by atoms with Crippen LogP contribution >= 0.6 is 0 Å². The molecule has 2 aromatic carbocycles. The molecule has 3 nitrogen and oxygen atoms in total. The fourth-order valence-corrected chi connectivity index (χ4v) is 2.89. The van der Waals surface area contributed by atoms with Gasteiger partial charge in [0.15, 0.2) is 0 Å². The molecule has 0 aliphatic heterocycles. The molecule has 20 heavy (non-hydrogen) atoms. The lowest BCUT2D eigenvalue weighted by Crippen LogP contribution is -2.19. The zero-order chi connectivity index (χ0) is 13.9. The topological polar surface area (TPSA) is 47.3 Å². The summed E-state index contributed by atoms with van der Waals surface area (Å²) in [5.74, 6) is 0.896. The Balaban J connectivity index is 1.70. The third-order valence-corrected chi connectivity index (χ3v) is 3.95. The molecule has 0 aromatic heterocycles. The van der Waals surface area contributed by atoms with Crippen LogP contribution in [0.3, 0.4) is 0 Å². The second kappa shape index (κ2) is 5.65. The minimum atomic E-state index is 0.147. The van der Waals surface area contributed by atoms with E-state index in [-0.39, 0.29) is 6.04 Å². The normalized spacial score (nSPS) is 20.7. The third kappa shape index (κ3) is 2.55. The van der Waals surface area contributed by atoms with Crippen LogP contribution in [0.1, 0.15) is 35.2 Å². The first kappa shape index (κ1) is 13.2. The lowest BCUT2D eigenvalue weighted by atomic mass is 10.1. The number of rotatable bonds is 4.